The average Bonchev–Trinajstić information content (AvgIpc) is 2.91. The second-order valence-electron chi connectivity index (χ2n) is 7.22. The van der Waals surface area contributed by atoms with Crippen molar-refractivity contribution in [2.75, 3.05) is 20.2 Å². The van der Waals surface area contributed by atoms with E-state index in [1.165, 1.54) is 7.11 Å². The van der Waals surface area contributed by atoms with Crippen LogP contribution in [0.3, 0.4) is 0 Å². The molecule has 1 aliphatic rings. The smallest absolute Gasteiger partial charge is 0.330 e. The normalized spacial score (nSPS) is 17.2. The Hall–Kier alpha value is -3.59. The molecule has 32 heavy (non-hydrogen) atoms. The number of amides is 4. The molecule has 0 aromatic heterocycles. The average molecular weight is 460 g/mol. The Balaban J connectivity index is 1.83. The van der Waals surface area contributed by atoms with Gasteiger partial charge in [0.1, 0.15) is 12.3 Å². The van der Waals surface area contributed by atoms with Crippen LogP contribution in [0.4, 0.5) is 4.79 Å². The molecule has 2 aromatic carbocycles. The van der Waals surface area contributed by atoms with Crippen molar-refractivity contribution in [2.24, 2.45) is 5.92 Å². The summed E-state index contributed by atoms with van der Waals surface area (Å²) >= 11 is 6.07. The van der Waals surface area contributed by atoms with Gasteiger partial charge in [0, 0.05) is 11.6 Å². The van der Waals surface area contributed by atoms with Crippen molar-refractivity contribution in [1.82, 2.24) is 15.5 Å². The minimum Gasteiger partial charge on any atom is -0.496 e. The Morgan fingerprint density at radius 2 is 1.97 bits per heavy atom. The van der Waals surface area contributed by atoms with Crippen molar-refractivity contribution in [3.05, 3.63) is 64.7 Å². The number of halogens is 1. The van der Waals surface area contributed by atoms with Crippen LogP contribution in [0, 0.1) is 5.92 Å². The lowest BCUT2D eigenvalue weighted by Crippen LogP contribution is -2.49. The largest absolute Gasteiger partial charge is 0.496 e. The van der Waals surface area contributed by atoms with Gasteiger partial charge >= 0.3 is 12.0 Å². The first-order valence-electron chi connectivity index (χ1n) is 9.79. The number of nitrogens with zero attached hydrogens (tertiary/aromatic N) is 1. The molecule has 3 N–H and O–H groups in total. The van der Waals surface area contributed by atoms with E-state index in [-0.39, 0.29) is 13.0 Å². The molecule has 2 atom stereocenters. The van der Waals surface area contributed by atoms with Crippen LogP contribution in [-0.2, 0) is 20.8 Å². The maximum absolute atomic E-state index is 13.2. The van der Waals surface area contributed by atoms with E-state index in [0.29, 0.717) is 21.9 Å². The third kappa shape index (κ3) is 5.36. The molecule has 0 spiro atoms. The quantitative estimate of drug-likeness (QED) is 0.606. The number of carbonyl (C=O) groups is 4. The highest BCUT2D eigenvalue weighted by atomic mass is 35.5. The molecule has 9 nitrogen and oxygen atoms in total. The molecule has 1 unspecified atom stereocenters. The van der Waals surface area contributed by atoms with E-state index in [1.54, 1.807) is 48.5 Å². The van der Waals surface area contributed by atoms with E-state index in [0.717, 1.165) is 4.90 Å². The number of carboxylic acid groups (broad SMARTS) is 1. The molecule has 3 rings (SSSR count). The summed E-state index contributed by atoms with van der Waals surface area (Å²) in [5.41, 5.74) is 0.975. The highest BCUT2D eigenvalue weighted by Gasteiger charge is 2.36. The zero-order chi connectivity index (χ0) is 23.3. The number of carboxylic acids is 1. The Morgan fingerprint density at radius 3 is 2.62 bits per heavy atom. The van der Waals surface area contributed by atoms with Gasteiger partial charge in [-0.25, -0.2) is 9.59 Å². The molecular weight excluding hydrogens is 438 g/mol. The summed E-state index contributed by atoms with van der Waals surface area (Å²) in [5, 5.41) is 15.0. The maximum Gasteiger partial charge on any atom is 0.330 e. The molecule has 0 aliphatic carbocycles. The number of nitrogens with one attached hydrogen (secondary N) is 2. The van der Waals surface area contributed by atoms with Crippen molar-refractivity contribution >= 4 is 35.4 Å². The fraction of sp³-hybridized carbons (Fsp3) is 0.273. The molecule has 1 saturated heterocycles. The fourth-order valence-electron chi connectivity index (χ4n) is 3.46. The summed E-state index contributed by atoms with van der Waals surface area (Å²) in [6.07, 6.45) is 0.160. The first-order chi connectivity index (χ1) is 15.3. The van der Waals surface area contributed by atoms with Crippen LogP contribution in [-0.4, -0.2) is 54.0 Å². The Morgan fingerprint density at radius 1 is 1.25 bits per heavy atom. The van der Waals surface area contributed by atoms with E-state index in [4.69, 9.17) is 16.3 Å². The fourth-order valence-corrected chi connectivity index (χ4v) is 3.65. The van der Waals surface area contributed by atoms with Crippen molar-refractivity contribution in [2.45, 2.75) is 12.5 Å². The van der Waals surface area contributed by atoms with Crippen molar-refractivity contribution in [3.8, 4) is 5.75 Å². The van der Waals surface area contributed by atoms with E-state index in [2.05, 4.69) is 10.6 Å². The van der Waals surface area contributed by atoms with Crippen LogP contribution < -0.4 is 15.4 Å². The van der Waals surface area contributed by atoms with Gasteiger partial charge in [-0.15, -0.1) is 0 Å². The second-order valence-corrected chi connectivity index (χ2v) is 7.65. The van der Waals surface area contributed by atoms with E-state index in [1.807, 2.05) is 0 Å². The molecule has 2 aromatic rings. The van der Waals surface area contributed by atoms with Gasteiger partial charge in [-0.3, -0.25) is 14.5 Å². The molecule has 0 saturated carbocycles. The predicted octanol–water partition coefficient (Wildman–Crippen LogP) is 2.00. The van der Waals surface area contributed by atoms with E-state index >= 15 is 0 Å². The molecule has 1 aliphatic heterocycles. The van der Waals surface area contributed by atoms with Crippen LogP contribution in [0.1, 0.15) is 17.2 Å². The van der Waals surface area contributed by atoms with Crippen molar-refractivity contribution < 1.29 is 29.0 Å². The van der Waals surface area contributed by atoms with Gasteiger partial charge in [0.05, 0.1) is 13.0 Å². The van der Waals surface area contributed by atoms with Gasteiger partial charge in [-0.1, -0.05) is 41.9 Å². The number of imide groups is 1. The van der Waals surface area contributed by atoms with E-state index < -0.39 is 42.3 Å². The Labute approximate surface area is 189 Å². The summed E-state index contributed by atoms with van der Waals surface area (Å²) < 4.78 is 5.32. The van der Waals surface area contributed by atoms with Crippen LogP contribution in [0.5, 0.6) is 5.75 Å². The summed E-state index contributed by atoms with van der Waals surface area (Å²) in [7, 11) is 1.48. The third-order valence-electron chi connectivity index (χ3n) is 5.06. The topological polar surface area (TPSA) is 125 Å². The van der Waals surface area contributed by atoms with Crippen molar-refractivity contribution in [1.29, 1.82) is 0 Å². The number of hydrogen-bond acceptors (Lipinski definition) is 5. The number of methoxy groups -OCH3 is 1. The molecule has 168 valence electrons. The molecule has 10 heteroatoms. The van der Waals surface area contributed by atoms with Gasteiger partial charge in [0.25, 0.3) is 0 Å². The summed E-state index contributed by atoms with van der Waals surface area (Å²) in [6.45, 7) is -0.507. The lowest BCUT2D eigenvalue weighted by atomic mass is 9.97. The minimum absolute atomic E-state index is 0.0121. The number of rotatable bonds is 6. The number of ether oxygens (including phenoxy) is 1. The zero-order valence-electron chi connectivity index (χ0n) is 17.2. The number of benzene rings is 2. The zero-order valence-corrected chi connectivity index (χ0v) is 18.0. The highest BCUT2D eigenvalue weighted by Crippen LogP contribution is 2.26. The molecule has 0 radical (unpaired) electrons. The second kappa shape index (κ2) is 10.1. The Kier molecular flexibility index (Phi) is 7.32. The first kappa shape index (κ1) is 23.1. The van der Waals surface area contributed by atoms with Gasteiger partial charge in [-0.2, -0.15) is 0 Å². The molecule has 0 bridgehead atoms. The lowest BCUT2D eigenvalue weighted by molar-refractivity contribution is -0.140. The molecule has 1 heterocycles. The van der Waals surface area contributed by atoms with Crippen LogP contribution in [0.15, 0.2) is 48.5 Å². The monoisotopic (exact) mass is 459 g/mol. The molecule has 1 fully saturated rings. The standard InChI is InChI=1S/C22H22ClN3O6/c1-32-17-8-7-16(23)10-14(17)9-15-11-24-18(27)12-26(20(15)28)22(31)25-19(21(29)30)13-5-3-2-4-6-13/h2-8,10,15,19H,9,11-12H2,1H3,(H,24,27)(H,25,31)(H,29,30)/t15?,19-/m0/s1. The maximum atomic E-state index is 13.2. The van der Waals surface area contributed by atoms with Crippen LogP contribution >= 0.6 is 11.6 Å². The van der Waals surface area contributed by atoms with Crippen molar-refractivity contribution in [3.63, 3.8) is 0 Å². The lowest BCUT2D eigenvalue weighted by Gasteiger charge is -2.24. The molecular formula is C22H22ClN3O6. The summed E-state index contributed by atoms with van der Waals surface area (Å²) in [6, 6.07) is 10.7. The van der Waals surface area contributed by atoms with Gasteiger partial charge in [0.2, 0.25) is 11.8 Å². The first-order valence-corrected chi connectivity index (χ1v) is 10.2. The van der Waals surface area contributed by atoms with Gasteiger partial charge < -0.3 is 20.5 Å². The van der Waals surface area contributed by atoms with E-state index in [9.17, 15) is 24.3 Å². The highest BCUT2D eigenvalue weighted by molar-refractivity contribution is 6.30. The summed E-state index contributed by atoms with van der Waals surface area (Å²) in [5.74, 6) is -2.69. The number of hydrogen-bond donors (Lipinski definition) is 3. The van der Waals surface area contributed by atoms with Gasteiger partial charge in [0.15, 0.2) is 6.04 Å². The van der Waals surface area contributed by atoms with Crippen LogP contribution in [0.25, 0.3) is 0 Å². The van der Waals surface area contributed by atoms with Gasteiger partial charge in [-0.05, 0) is 35.7 Å². The number of aliphatic carboxylic acids is 1. The van der Waals surface area contributed by atoms with Crippen LogP contribution in [0.2, 0.25) is 5.02 Å². The molecule has 4 amide bonds. The number of carbonyl (C=O) groups excluding carboxylic acids is 3. The third-order valence-corrected chi connectivity index (χ3v) is 5.30. The predicted molar refractivity (Wildman–Crippen MR) is 115 cm³/mol. The number of urea groups is 1. The SMILES string of the molecule is COc1ccc(Cl)cc1CC1CNC(=O)CN(C(=O)N[C@H](C(=O)O)c2ccccc2)C1=O. The minimum atomic E-state index is -1.38. The Bertz CT molecular complexity index is 1030. The summed E-state index contributed by atoms with van der Waals surface area (Å²) in [4.78, 5) is 50.7.